The van der Waals surface area contributed by atoms with Crippen LogP contribution in [0.4, 0.5) is 4.39 Å². The first-order valence-corrected chi connectivity index (χ1v) is 12.0. The average molecular weight is 509 g/mol. The van der Waals surface area contributed by atoms with E-state index in [4.69, 9.17) is 23.2 Å². The number of allylic oxidation sites excluding steroid dienone is 2. The molecule has 10 heteroatoms. The number of nitrogens with zero attached hydrogens (tertiary/aromatic N) is 2. The van der Waals surface area contributed by atoms with E-state index < -0.39 is 56.8 Å². The van der Waals surface area contributed by atoms with Gasteiger partial charge in [-0.3, -0.25) is 29.0 Å². The Morgan fingerprint density at radius 1 is 1.12 bits per heavy atom. The summed E-state index contributed by atoms with van der Waals surface area (Å²) in [7, 11) is 1.29. The van der Waals surface area contributed by atoms with Crippen molar-refractivity contribution in [2.45, 2.75) is 41.9 Å². The van der Waals surface area contributed by atoms with Crippen LogP contribution in [-0.4, -0.2) is 61.9 Å². The number of alkyl halides is 2. The fourth-order valence-electron chi connectivity index (χ4n) is 6.33. The van der Waals surface area contributed by atoms with Gasteiger partial charge in [-0.1, -0.05) is 24.6 Å². The van der Waals surface area contributed by atoms with Crippen LogP contribution in [0.5, 0.6) is 5.75 Å². The molecule has 6 atom stereocenters. The van der Waals surface area contributed by atoms with E-state index in [0.29, 0.717) is 18.5 Å². The standard InChI is InChI=1S/C24H23Cl2FN2O5/c1-3-8-29-19(31)13-6-5-12-14(17(13)20(29)32)10-23(25)21(33)28(2)22(34)24(23,26)18(12)11-4-7-16(30)15(27)9-11/h4-5,7,9,13-14,17-18,30H,3,6,8,10H2,1-2H3. The van der Waals surface area contributed by atoms with E-state index in [-0.39, 0.29) is 30.2 Å². The van der Waals surface area contributed by atoms with E-state index in [1.54, 1.807) is 6.08 Å². The molecule has 2 saturated heterocycles. The molecule has 0 spiro atoms. The molecule has 1 aromatic carbocycles. The summed E-state index contributed by atoms with van der Waals surface area (Å²) in [6, 6.07) is 3.65. The van der Waals surface area contributed by atoms with Gasteiger partial charge < -0.3 is 5.11 Å². The molecule has 0 aromatic heterocycles. The van der Waals surface area contributed by atoms with Crippen molar-refractivity contribution >= 4 is 46.8 Å². The zero-order chi connectivity index (χ0) is 24.7. The Morgan fingerprint density at radius 3 is 2.47 bits per heavy atom. The highest BCUT2D eigenvalue weighted by Gasteiger charge is 2.75. The van der Waals surface area contributed by atoms with Crippen molar-refractivity contribution in [1.29, 1.82) is 0 Å². The number of fused-ring (bicyclic) bond motifs is 4. The summed E-state index contributed by atoms with van der Waals surface area (Å²) < 4.78 is 14.4. The smallest absolute Gasteiger partial charge is 0.253 e. The van der Waals surface area contributed by atoms with Crippen molar-refractivity contribution in [3.8, 4) is 5.75 Å². The fraction of sp³-hybridized carbons (Fsp3) is 0.500. The monoisotopic (exact) mass is 508 g/mol. The highest BCUT2D eigenvalue weighted by molar-refractivity contribution is 6.53. The maximum Gasteiger partial charge on any atom is 0.253 e. The molecule has 6 unspecified atom stereocenters. The van der Waals surface area contributed by atoms with Crippen molar-refractivity contribution in [1.82, 2.24) is 9.80 Å². The molecule has 5 rings (SSSR count). The van der Waals surface area contributed by atoms with E-state index >= 15 is 0 Å². The minimum absolute atomic E-state index is 0.101. The molecular formula is C24H23Cl2FN2O5. The van der Waals surface area contributed by atoms with E-state index in [1.807, 2.05) is 6.92 Å². The summed E-state index contributed by atoms with van der Waals surface area (Å²) in [5.74, 6) is -6.47. The molecule has 2 heterocycles. The predicted molar refractivity (Wildman–Crippen MR) is 121 cm³/mol. The molecule has 2 aliphatic heterocycles. The van der Waals surface area contributed by atoms with E-state index in [2.05, 4.69) is 0 Å². The van der Waals surface area contributed by atoms with Gasteiger partial charge in [0.1, 0.15) is 0 Å². The van der Waals surface area contributed by atoms with Gasteiger partial charge >= 0.3 is 0 Å². The topological polar surface area (TPSA) is 95.0 Å². The maximum absolute atomic E-state index is 14.4. The lowest BCUT2D eigenvalue weighted by atomic mass is 9.56. The van der Waals surface area contributed by atoms with Gasteiger partial charge in [0, 0.05) is 19.5 Å². The Bertz CT molecular complexity index is 1190. The molecule has 4 aliphatic rings. The van der Waals surface area contributed by atoms with Crippen LogP contribution in [0.25, 0.3) is 0 Å². The van der Waals surface area contributed by atoms with Gasteiger partial charge in [0.15, 0.2) is 21.3 Å². The second-order valence-corrected chi connectivity index (χ2v) is 10.8. The molecule has 4 amide bonds. The second kappa shape index (κ2) is 7.52. The van der Waals surface area contributed by atoms with Gasteiger partial charge in [0.05, 0.1) is 11.8 Å². The number of aromatic hydroxyl groups is 1. The number of carbonyl (C=O) groups is 4. The zero-order valence-electron chi connectivity index (χ0n) is 18.6. The highest BCUT2D eigenvalue weighted by atomic mass is 35.5. The highest BCUT2D eigenvalue weighted by Crippen LogP contribution is 2.65. The summed E-state index contributed by atoms with van der Waals surface area (Å²) in [5.41, 5.74) is 0.844. The summed E-state index contributed by atoms with van der Waals surface area (Å²) in [6.07, 6.45) is 2.56. The molecule has 0 bridgehead atoms. The molecule has 1 aromatic rings. The van der Waals surface area contributed by atoms with Crippen LogP contribution in [0.1, 0.15) is 37.7 Å². The molecule has 34 heavy (non-hydrogen) atoms. The van der Waals surface area contributed by atoms with Crippen LogP contribution in [-0.2, 0) is 19.2 Å². The number of amides is 4. The number of likely N-dealkylation sites (tertiary alicyclic amines) is 2. The third-order valence-electron chi connectivity index (χ3n) is 7.86. The molecule has 3 fully saturated rings. The van der Waals surface area contributed by atoms with Gasteiger partial charge in [-0.2, -0.15) is 0 Å². The summed E-state index contributed by atoms with van der Waals surface area (Å²) in [6.45, 7) is 2.17. The number of hydrogen-bond acceptors (Lipinski definition) is 5. The lowest BCUT2D eigenvalue weighted by Gasteiger charge is -2.50. The number of imide groups is 2. The summed E-state index contributed by atoms with van der Waals surface area (Å²) in [4.78, 5) is 51.3. The number of phenols is 1. The average Bonchev–Trinajstić information content (AvgIpc) is 3.11. The molecule has 2 aliphatic carbocycles. The Morgan fingerprint density at radius 2 is 1.82 bits per heavy atom. The predicted octanol–water partition coefficient (Wildman–Crippen LogP) is 2.93. The second-order valence-electron chi connectivity index (χ2n) is 9.54. The molecule has 1 saturated carbocycles. The van der Waals surface area contributed by atoms with Gasteiger partial charge in [-0.25, -0.2) is 4.39 Å². The number of benzene rings is 1. The van der Waals surface area contributed by atoms with Crippen LogP contribution < -0.4 is 0 Å². The van der Waals surface area contributed by atoms with Crippen molar-refractivity contribution in [3.63, 3.8) is 0 Å². The Balaban J connectivity index is 1.71. The van der Waals surface area contributed by atoms with E-state index in [9.17, 15) is 28.7 Å². The molecular weight excluding hydrogens is 486 g/mol. The van der Waals surface area contributed by atoms with Crippen molar-refractivity contribution in [2.75, 3.05) is 13.6 Å². The minimum Gasteiger partial charge on any atom is -0.505 e. The lowest BCUT2D eigenvalue weighted by Crippen LogP contribution is -2.60. The molecule has 0 radical (unpaired) electrons. The normalized spacial score (nSPS) is 37.0. The number of halogens is 3. The quantitative estimate of drug-likeness (QED) is 0.384. The van der Waals surface area contributed by atoms with Crippen LogP contribution in [0, 0.1) is 23.6 Å². The largest absolute Gasteiger partial charge is 0.505 e. The summed E-state index contributed by atoms with van der Waals surface area (Å²) in [5, 5.41) is 9.71. The molecule has 1 N–H and O–H groups in total. The van der Waals surface area contributed by atoms with Crippen LogP contribution in [0.2, 0.25) is 0 Å². The van der Waals surface area contributed by atoms with Crippen molar-refractivity contribution in [3.05, 3.63) is 41.2 Å². The number of hydrogen-bond donors (Lipinski definition) is 1. The van der Waals surface area contributed by atoms with Crippen LogP contribution in [0.3, 0.4) is 0 Å². The maximum atomic E-state index is 14.4. The Hall–Kier alpha value is -2.45. The van der Waals surface area contributed by atoms with Gasteiger partial charge in [-0.05, 0) is 42.9 Å². The first-order valence-electron chi connectivity index (χ1n) is 11.2. The number of rotatable bonds is 3. The zero-order valence-corrected chi connectivity index (χ0v) is 20.1. The van der Waals surface area contributed by atoms with Gasteiger partial charge in [0.2, 0.25) is 11.8 Å². The van der Waals surface area contributed by atoms with Crippen molar-refractivity contribution in [2.24, 2.45) is 17.8 Å². The van der Waals surface area contributed by atoms with Gasteiger partial charge in [0.25, 0.3) is 11.8 Å². The van der Waals surface area contributed by atoms with E-state index in [0.717, 1.165) is 17.0 Å². The first kappa shape index (κ1) is 23.3. The fourth-order valence-corrected chi connectivity index (χ4v) is 7.35. The molecule has 180 valence electrons. The Kier molecular flexibility index (Phi) is 5.15. The number of carbonyl (C=O) groups excluding carboxylic acids is 4. The Labute approximate surface area is 205 Å². The van der Waals surface area contributed by atoms with Crippen LogP contribution in [0.15, 0.2) is 29.8 Å². The van der Waals surface area contributed by atoms with Crippen molar-refractivity contribution < 1.29 is 28.7 Å². The molecule has 7 nitrogen and oxygen atoms in total. The van der Waals surface area contributed by atoms with Gasteiger partial charge in [-0.15, -0.1) is 23.2 Å². The number of phenolic OH excluding ortho intramolecular Hbond substituents is 1. The summed E-state index contributed by atoms with van der Waals surface area (Å²) >= 11 is 14.0. The SMILES string of the molecule is CCCN1C(=O)C2CC=C3C(CC4(Cl)C(=O)N(C)C(=O)C4(Cl)C3c3ccc(O)c(F)c3)C2C1=O. The third kappa shape index (κ3) is 2.69. The van der Waals surface area contributed by atoms with E-state index in [1.165, 1.54) is 18.0 Å². The first-order chi connectivity index (χ1) is 16.0. The lowest BCUT2D eigenvalue weighted by molar-refractivity contribution is -0.141. The minimum atomic E-state index is -1.96. The van der Waals surface area contributed by atoms with Crippen LogP contribution >= 0.6 is 23.2 Å². The third-order valence-corrected chi connectivity index (χ3v) is 9.27.